The van der Waals surface area contributed by atoms with Crippen LogP contribution in [-0.2, 0) is 6.42 Å². The highest BCUT2D eigenvalue weighted by atomic mass is 19.1. The molecule has 2 aromatic rings. The average molecular weight is 328 g/mol. The summed E-state index contributed by atoms with van der Waals surface area (Å²) in [6.07, 6.45) is 10.1. The van der Waals surface area contributed by atoms with Crippen molar-refractivity contribution in [3.63, 3.8) is 0 Å². The highest BCUT2D eigenvalue weighted by molar-refractivity contribution is 5.83. The largest absolute Gasteiger partial charge is 0.361 e. The topological polar surface area (TPSA) is 19.0 Å². The van der Waals surface area contributed by atoms with Gasteiger partial charge in [0.15, 0.2) is 0 Å². The Morgan fingerprint density at radius 1 is 1.38 bits per heavy atom. The van der Waals surface area contributed by atoms with Gasteiger partial charge in [-0.25, -0.2) is 4.39 Å². The van der Waals surface area contributed by atoms with E-state index in [1.165, 1.54) is 24.5 Å². The van der Waals surface area contributed by atoms with E-state index in [1.54, 1.807) is 6.07 Å². The third-order valence-electron chi connectivity index (χ3n) is 5.72. The number of likely N-dealkylation sites (tertiary alicyclic amines) is 1. The first-order valence-corrected chi connectivity index (χ1v) is 9.24. The van der Waals surface area contributed by atoms with Crippen LogP contribution in [0.15, 0.2) is 36.5 Å². The summed E-state index contributed by atoms with van der Waals surface area (Å²) < 4.78 is 13.6. The molecule has 0 aliphatic carbocycles. The molecule has 1 aromatic carbocycles. The van der Waals surface area contributed by atoms with Crippen molar-refractivity contribution in [2.24, 2.45) is 11.8 Å². The van der Waals surface area contributed by atoms with Crippen molar-refractivity contribution in [3.8, 4) is 0 Å². The molecule has 0 saturated carbocycles. The Kier molecular flexibility index (Phi) is 5.40. The van der Waals surface area contributed by atoms with Crippen LogP contribution in [0.5, 0.6) is 0 Å². The van der Waals surface area contributed by atoms with Gasteiger partial charge in [0.25, 0.3) is 0 Å². The lowest BCUT2D eigenvalue weighted by atomic mass is 9.82. The first kappa shape index (κ1) is 17.2. The Morgan fingerprint density at radius 3 is 2.96 bits per heavy atom. The first-order valence-electron chi connectivity index (χ1n) is 9.24. The number of H-pyrrole nitrogens is 1. The van der Waals surface area contributed by atoms with Gasteiger partial charge in [0.05, 0.1) is 0 Å². The Balaban J connectivity index is 1.72. The molecule has 2 heterocycles. The average Bonchev–Trinajstić information content (AvgIpc) is 2.97. The van der Waals surface area contributed by atoms with Gasteiger partial charge in [-0.15, -0.1) is 0 Å². The van der Waals surface area contributed by atoms with Gasteiger partial charge in [-0.05, 0) is 62.3 Å². The molecule has 0 radical (unpaired) electrons. The van der Waals surface area contributed by atoms with Gasteiger partial charge in [0.1, 0.15) is 5.82 Å². The number of rotatable bonds is 5. The predicted octanol–water partition coefficient (Wildman–Crippen LogP) is 5.16. The number of hydrogen-bond acceptors (Lipinski definition) is 1. The fourth-order valence-electron chi connectivity index (χ4n) is 4.26. The molecule has 24 heavy (non-hydrogen) atoms. The van der Waals surface area contributed by atoms with Crippen molar-refractivity contribution in [3.05, 3.63) is 47.9 Å². The Hall–Kier alpha value is -1.61. The van der Waals surface area contributed by atoms with Gasteiger partial charge in [-0.1, -0.05) is 25.5 Å². The third-order valence-corrected chi connectivity index (χ3v) is 5.72. The molecule has 3 unspecified atom stereocenters. The van der Waals surface area contributed by atoms with Gasteiger partial charge >= 0.3 is 0 Å². The fraction of sp³-hybridized carbons (Fsp3) is 0.524. The van der Waals surface area contributed by atoms with E-state index >= 15 is 0 Å². The number of halogens is 1. The molecule has 1 aliphatic rings. The molecule has 0 bridgehead atoms. The number of hydrogen-bond donors (Lipinski definition) is 1. The van der Waals surface area contributed by atoms with E-state index in [-0.39, 0.29) is 5.82 Å². The highest BCUT2D eigenvalue weighted by Gasteiger charge is 2.30. The van der Waals surface area contributed by atoms with Gasteiger partial charge in [0, 0.05) is 36.2 Å². The molecular weight excluding hydrogens is 299 g/mol. The van der Waals surface area contributed by atoms with Crippen molar-refractivity contribution in [1.82, 2.24) is 9.88 Å². The minimum Gasteiger partial charge on any atom is -0.361 e. The van der Waals surface area contributed by atoms with Gasteiger partial charge in [0.2, 0.25) is 0 Å². The maximum atomic E-state index is 13.6. The van der Waals surface area contributed by atoms with E-state index in [9.17, 15) is 4.39 Å². The van der Waals surface area contributed by atoms with E-state index in [0.717, 1.165) is 36.3 Å². The smallest absolute Gasteiger partial charge is 0.123 e. The summed E-state index contributed by atoms with van der Waals surface area (Å²) >= 11 is 0. The minimum absolute atomic E-state index is 0.158. The number of aromatic nitrogens is 1. The normalized spacial score (nSPS) is 25.8. The van der Waals surface area contributed by atoms with Crippen LogP contribution in [0.2, 0.25) is 0 Å². The number of fused-ring (bicyclic) bond motifs is 1. The van der Waals surface area contributed by atoms with Gasteiger partial charge in [-0.2, -0.15) is 0 Å². The first-order chi connectivity index (χ1) is 11.6. The van der Waals surface area contributed by atoms with E-state index in [0.29, 0.717) is 12.0 Å². The van der Waals surface area contributed by atoms with Crippen LogP contribution in [0.4, 0.5) is 4.39 Å². The summed E-state index contributed by atoms with van der Waals surface area (Å²) in [4.78, 5) is 5.89. The summed E-state index contributed by atoms with van der Waals surface area (Å²) in [5, 5.41) is 1.02. The molecule has 0 amide bonds. The Bertz CT molecular complexity index is 703. The molecule has 1 aliphatic heterocycles. The second-order valence-electron chi connectivity index (χ2n) is 7.18. The predicted molar refractivity (Wildman–Crippen MR) is 99.7 cm³/mol. The number of aromatic amines is 1. The minimum atomic E-state index is -0.158. The zero-order chi connectivity index (χ0) is 17.1. The molecule has 3 rings (SSSR count). The lowest BCUT2D eigenvalue weighted by molar-refractivity contribution is 0.0796. The zero-order valence-corrected chi connectivity index (χ0v) is 15.1. The summed E-state index contributed by atoms with van der Waals surface area (Å²) in [5.74, 6) is 1.27. The monoisotopic (exact) mass is 328 g/mol. The second kappa shape index (κ2) is 7.52. The quantitative estimate of drug-likeness (QED) is 0.751. The van der Waals surface area contributed by atoms with Crippen LogP contribution in [0.25, 0.3) is 10.9 Å². The summed E-state index contributed by atoms with van der Waals surface area (Å²) in [5.41, 5.74) is 2.24. The molecule has 3 atom stereocenters. The molecule has 2 nitrogen and oxygen atoms in total. The standard InChI is InChI=1S/C21H29FN2/c1-4-6-16-11-17(5-2)15(3)24(14-16)10-9-18-13-23-21-8-7-19(22)12-20(18)21/h4,6-8,12-13,15-17,23H,5,9-11,14H2,1-3H3/b6-4-. The van der Waals surface area contributed by atoms with E-state index in [1.807, 2.05) is 12.3 Å². The van der Waals surface area contributed by atoms with Crippen LogP contribution in [0.3, 0.4) is 0 Å². The number of allylic oxidation sites excluding steroid dienone is 1. The molecule has 1 fully saturated rings. The molecule has 130 valence electrons. The lowest BCUT2D eigenvalue weighted by Gasteiger charge is -2.42. The zero-order valence-electron chi connectivity index (χ0n) is 15.1. The van der Waals surface area contributed by atoms with E-state index in [2.05, 4.69) is 42.8 Å². The molecule has 1 aromatic heterocycles. The summed E-state index contributed by atoms with van der Waals surface area (Å²) in [6, 6.07) is 5.62. The highest BCUT2D eigenvalue weighted by Crippen LogP contribution is 2.31. The molecule has 0 spiro atoms. The lowest BCUT2D eigenvalue weighted by Crippen LogP contribution is -2.47. The second-order valence-corrected chi connectivity index (χ2v) is 7.18. The fourth-order valence-corrected chi connectivity index (χ4v) is 4.26. The van der Waals surface area contributed by atoms with Crippen LogP contribution >= 0.6 is 0 Å². The van der Waals surface area contributed by atoms with Gasteiger partial charge < -0.3 is 4.98 Å². The van der Waals surface area contributed by atoms with Crippen LogP contribution in [0, 0.1) is 17.7 Å². The van der Waals surface area contributed by atoms with Gasteiger partial charge in [-0.3, -0.25) is 4.90 Å². The van der Waals surface area contributed by atoms with Crippen LogP contribution in [0.1, 0.15) is 39.2 Å². The van der Waals surface area contributed by atoms with E-state index in [4.69, 9.17) is 0 Å². The molecule has 1 saturated heterocycles. The maximum absolute atomic E-state index is 13.6. The molecule has 3 heteroatoms. The van der Waals surface area contributed by atoms with Crippen LogP contribution in [-0.4, -0.2) is 29.0 Å². The van der Waals surface area contributed by atoms with E-state index < -0.39 is 0 Å². The Labute approximate surface area is 144 Å². The number of piperidine rings is 1. The maximum Gasteiger partial charge on any atom is 0.123 e. The third kappa shape index (κ3) is 3.56. The molecular formula is C21H29FN2. The van der Waals surface area contributed by atoms with Crippen molar-refractivity contribution >= 4 is 10.9 Å². The Morgan fingerprint density at radius 2 is 2.21 bits per heavy atom. The SMILES string of the molecule is C/C=C\C1CC(CC)C(C)N(CCc2c[nH]c3ccc(F)cc23)C1. The van der Waals surface area contributed by atoms with Crippen LogP contribution < -0.4 is 0 Å². The summed E-state index contributed by atoms with van der Waals surface area (Å²) in [7, 11) is 0. The number of benzene rings is 1. The summed E-state index contributed by atoms with van der Waals surface area (Å²) in [6.45, 7) is 8.96. The van der Waals surface area contributed by atoms with Crippen molar-refractivity contribution in [1.29, 1.82) is 0 Å². The number of nitrogens with zero attached hydrogens (tertiary/aromatic N) is 1. The van der Waals surface area contributed by atoms with Crippen molar-refractivity contribution in [2.45, 2.75) is 46.1 Å². The molecule has 1 N–H and O–H groups in total. The number of nitrogens with one attached hydrogen (secondary N) is 1. The van der Waals surface area contributed by atoms with Crippen molar-refractivity contribution in [2.75, 3.05) is 13.1 Å². The van der Waals surface area contributed by atoms with Crippen molar-refractivity contribution < 1.29 is 4.39 Å².